The lowest BCUT2D eigenvalue weighted by Crippen LogP contribution is -2.70. The molecule has 1 saturated heterocycles. The summed E-state index contributed by atoms with van der Waals surface area (Å²) in [6.07, 6.45) is 1.32. The Morgan fingerprint density at radius 1 is 1.12 bits per heavy atom. The third-order valence-corrected chi connectivity index (χ3v) is 9.63. The number of carbonyl (C=O) groups is 2. The van der Waals surface area contributed by atoms with E-state index in [1.807, 2.05) is 66.0 Å². The lowest BCUT2D eigenvalue weighted by Gasteiger charge is -2.50. The number of carbonyl (C=O) groups excluding carboxylic acids is 2. The van der Waals surface area contributed by atoms with Gasteiger partial charge in [-0.15, -0.1) is 34.4 Å². The fourth-order valence-electron chi connectivity index (χ4n) is 4.68. The standard InChI is InChI=1S/C28H23N5O3S4/c29-28-31-18(14-40-28)13-20(34)32-21-25(35)33-22(19(15-39-26(21)33)24-30-11-12-38-24)27(37)36-23(16-7-3-1-4-8-16)17-9-5-2-6-10-17/h1-12,14,21,23,26H,13,15H2,(H2,29,31)(H,32,34)/t21-,26-/m1/s1. The van der Waals surface area contributed by atoms with Crippen molar-refractivity contribution in [2.75, 3.05) is 11.5 Å². The molecule has 2 amide bonds. The van der Waals surface area contributed by atoms with Crippen LogP contribution in [0.1, 0.15) is 27.9 Å². The Balaban J connectivity index is 1.28. The summed E-state index contributed by atoms with van der Waals surface area (Å²) in [7, 11) is 0. The minimum atomic E-state index is -0.678. The van der Waals surface area contributed by atoms with E-state index in [1.54, 1.807) is 28.2 Å². The average molecular weight is 606 g/mol. The Labute approximate surface area is 248 Å². The molecular formula is C28H23N5O3S4. The van der Waals surface area contributed by atoms with Gasteiger partial charge in [0.05, 0.1) is 12.1 Å². The second kappa shape index (κ2) is 11.5. The summed E-state index contributed by atoms with van der Waals surface area (Å²) in [6, 6.07) is 19.0. The van der Waals surface area contributed by atoms with Gasteiger partial charge in [-0.25, -0.2) is 9.97 Å². The number of nitrogen functional groups attached to an aromatic ring is 1. The van der Waals surface area contributed by atoms with Crippen molar-refractivity contribution in [1.29, 1.82) is 0 Å². The van der Waals surface area contributed by atoms with Gasteiger partial charge in [0.1, 0.15) is 28.2 Å². The molecule has 12 heteroatoms. The van der Waals surface area contributed by atoms with E-state index >= 15 is 0 Å². The van der Waals surface area contributed by atoms with E-state index in [2.05, 4.69) is 15.3 Å². The maximum absolute atomic E-state index is 13.5. The number of benzene rings is 2. The number of thiazole rings is 2. The molecule has 2 aliphatic rings. The van der Waals surface area contributed by atoms with Gasteiger partial charge in [0.2, 0.25) is 11.0 Å². The zero-order valence-electron chi connectivity index (χ0n) is 20.9. The van der Waals surface area contributed by atoms with Gasteiger partial charge in [-0.3, -0.25) is 14.5 Å². The molecule has 8 nitrogen and oxygen atoms in total. The normalized spacial score (nSPS) is 18.3. The number of amides is 2. The van der Waals surface area contributed by atoms with Crippen molar-refractivity contribution in [3.63, 3.8) is 0 Å². The number of aromatic nitrogens is 2. The van der Waals surface area contributed by atoms with Crippen LogP contribution in [-0.2, 0) is 20.7 Å². The van der Waals surface area contributed by atoms with E-state index in [-0.39, 0.29) is 28.7 Å². The number of anilines is 1. The second-order valence-electron chi connectivity index (χ2n) is 9.08. The van der Waals surface area contributed by atoms with E-state index < -0.39 is 12.1 Å². The van der Waals surface area contributed by atoms with Crippen LogP contribution in [0.2, 0.25) is 0 Å². The Bertz CT molecular complexity index is 1530. The molecule has 0 aliphatic carbocycles. The number of hydrogen-bond acceptors (Lipinski definition) is 10. The largest absolute Gasteiger partial charge is 0.469 e. The van der Waals surface area contributed by atoms with Gasteiger partial charge in [0.25, 0.3) is 5.91 Å². The van der Waals surface area contributed by atoms with Crippen LogP contribution >= 0.6 is 46.7 Å². The fourth-order valence-corrected chi connectivity index (χ4v) is 7.69. The van der Waals surface area contributed by atoms with Gasteiger partial charge < -0.3 is 15.8 Å². The van der Waals surface area contributed by atoms with Crippen molar-refractivity contribution >= 4 is 74.2 Å². The molecule has 2 atom stereocenters. The Morgan fingerprint density at radius 2 is 1.82 bits per heavy atom. The van der Waals surface area contributed by atoms with Gasteiger partial charge in [0, 0.05) is 28.3 Å². The van der Waals surface area contributed by atoms with Crippen LogP contribution in [0.25, 0.3) is 5.57 Å². The molecule has 2 aromatic carbocycles. The fraction of sp³-hybridized carbons (Fsp3) is 0.179. The van der Waals surface area contributed by atoms with Crippen molar-refractivity contribution < 1.29 is 14.3 Å². The molecule has 3 N–H and O–H groups in total. The number of fused-ring (bicyclic) bond motifs is 1. The monoisotopic (exact) mass is 605 g/mol. The van der Waals surface area contributed by atoms with Crippen molar-refractivity contribution in [3.8, 4) is 0 Å². The lowest BCUT2D eigenvalue weighted by atomic mass is 10.0. The molecule has 2 aliphatic heterocycles. The predicted molar refractivity (Wildman–Crippen MR) is 163 cm³/mol. The van der Waals surface area contributed by atoms with Gasteiger partial charge in [0.15, 0.2) is 5.13 Å². The van der Waals surface area contributed by atoms with Crippen LogP contribution in [0, 0.1) is 0 Å². The Kier molecular flexibility index (Phi) is 7.65. The van der Waals surface area contributed by atoms with Crippen molar-refractivity contribution in [1.82, 2.24) is 20.2 Å². The summed E-state index contributed by atoms with van der Waals surface area (Å²) >= 11 is 10.2. The number of nitrogens with zero attached hydrogens (tertiary/aromatic N) is 3. The minimum absolute atomic E-state index is 0.0548. The quantitative estimate of drug-likeness (QED) is 0.220. The Hall–Kier alpha value is -3.58. The van der Waals surface area contributed by atoms with E-state index in [4.69, 9.17) is 22.7 Å². The van der Waals surface area contributed by atoms with Crippen molar-refractivity contribution in [3.05, 3.63) is 105 Å². The number of rotatable bonds is 8. The lowest BCUT2D eigenvalue weighted by molar-refractivity contribution is -0.145. The summed E-state index contributed by atoms with van der Waals surface area (Å²) < 4.78 is 6.53. The molecular weight excluding hydrogens is 583 g/mol. The molecule has 6 rings (SSSR count). The molecule has 0 unspecified atom stereocenters. The molecule has 202 valence electrons. The van der Waals surface area contributed by atoms with E-state index in [9.17, 15) is 9.59 Å². The summed E-state index contributed by atoms with van der Waals surface area (Å²) in [5, 5.41) is 7.59. The first-order chi connectivity index (χ1) is 19.5. The van der Waals surface area contributed by atoms with Crippen LogP contribution in [0.3, 0.4) is 0 Å². The van der Waals surface area contributed by atoms with Gasteiger partial charge in [-0.2, -0.15) is 0 Å². The number of hydrogen-bond donors (Lipinski definition) is 2. The molecule has 40 heavy (non-hydrogen) atoms. The summed E-state index contributed by atoms with van der Waals surface area (Å²) in [5.74, 6) is 0.0402. The minimum Gasteiger partial charge on any atom is -0.469 e. The highest BCUT2D eigenvalue weighted by molar-refractivity contribution is 8.00. The van der Waals surface area contributed by atoms with Crippen molar-refractivity contribution in [2.24, 2.45) is 0 Å². The molecule has 1 fully saturated rings. The predicted octanol–water partition coefficient (Wildman–Crippen LogP) is 4.67. The van der Waals surface area contributed by atoms with Gasteiger partial charge >= 0.3 is 0 Å². The first-order valence-electron chi connectivity index (χ1n) is 12.4. The smallest absolute Gasteiger partial charge is 0.253 e. The molecule has 0 saturated carbocycles. The van der Waals surface area contributed by atoms with E-state index in [1.165, 1.54) is 22.7 Å². The number of thioether (sulfide) groups is 1. The van der Waals surface area contributed by atoms with Crippen LogP contribution in [-0.4, -0.2) is 48.9 Å². The van der Waals surface area contributed by atoms with Gasteiger partial charge in [-0.1, -0.05) is 60.7 Å². The summed E-state index contributed by atoms with van der Waals surface area (Å²) in [5.41, 5.74) is 9.53. The topological polar surface area (TPSA) is 110 Å². The summed E-state index contributed by atoms with van der Waals surface area (Å²) in [4.78, 5) is 36.6. The highest BCUT2D eigenvalue weighted by Gasteiger charge is 2.54. The molecule has 0 spiro atoms. The molecule has 0 radical (unpaired) electrons. The Morgan fingerprint density at radius 3 is 2.42 bits per heavy atom. The number of ether oxygens (including phenoxy) is 1. The van der Waals surface area contributed by atoms with Crippen LogP contribution in [0.4, 0.5) is 5.13 Å². The number of nitrogens with one attached hydrogen (secondary N) is 1. The molecule has 0 bridgehead atoms. The van der Waals surface area contributed by atoms with Crippen LogP contribution in [0.15, 0.2) is 83.3 Å². The zero-order chi connectivity index (χ0) is 27.6. The number of thiocarbonyl (C=S) groups is 1. The third-order valence-electron chi connectivity index (χ3n) is 6.51. The molecule has 2 aromatic heterocycles. The zero-order valence-corrected chi connectivity index (χ0v) is 24.2. The SMILES string of the molecule is Nc1nc(CC(=O)N[C@@H]2C(=O)N3C(C(=S)OC(c4ccccc4)c4ccccc4)=C(c4nccs4)CS[C@H]23)cs1. The first-order valence-corrected chi connectivity index (χ1v) is 15.6. The van der Waals surface area contributed by atoms with E-state index in [0.717, 1.165) is 21.7 Å². The highest BCUT2D eigenvalue weighted by atomic mass is 32.2. The maximum atomic E-state index is 13.5. The maximum Gasteiger partial charge on any atom is 0.253 e. The average Bonchev–Trinajstić information content (AvgIpc) is 3.66. The van der Waals surface area contributed by atoms with Crippen molar-refractivity contribution in [2.45, 2.75) is 23.9 Å². The highest BCUT2D eigenvalue weighted by Crippen LogP contribution is 2.45. The number of β-lactam (4-membered cyclic amide) rings is 1. The molecule has 4 heterocycles. The second-order valence-corrected chi connectivity index (χ2v) is 12.3. The van der Waals surface area contributed by atoms with E-state index in [0.29, 0.717) is 22.3 Å². The van der Waals surface area contributed by atoms with Gasteiger partial charge in [-0.05, 0) is 23.3 Å². The first kappa shape index (κ1) is 26.6. The summed E-state index contributed by atoms with van der Waals surface area (Å²) in [6.45, 7) is 0. The number of nitrogens with two attached hydrogens (primary N) is 1. The third kappa shape index (κ3) is 5.27. The molecule has 4 aromatic rings. The van der Waals surface area contributed by atoms with Crippen LogP contribution in [0.5, 0.6) is 0 Å². The van der Waals surface area contributed by atoms with Crippen LogP contribution < -0.4 is 11.1 Å².